The van der Waals surface area contributed by atoms with E-state index < -0.39 is 6.10 Å². The van der Waals surface area contributed by atoms with E-state index in [0.717, 1.165) is 41.5 Å². The number of benzene rings is 2. The van der Waals surface area contributed by atoms with E-state index in [1.54, 1.807) is 6.33 Å². The summed E-state index contributed by atoms with van der Waals surface area (Å²) in [5, 5.41) is 13.3. The lowest BCUT2D eigenvalue weighted by Gasteiger charge is -2.28. The first-order chi connectivity index (χ1) is 13.1. The van der Waals surface area contributed by atoms with Gasteiger partial charge in [-0.25, -0.2) is 4.98 Å². The number of nitrogens with one attached hydrogen (secondary N) is 1. The van der Waals surface area contributed by atoms with Gasteiger partial charge in [-0.1, -0.05) is 35.9 Å². The summed E-state index contributed by atoms with van der Waals surface area (Å²) < 4.78 is 1.91. The largest absolute Gasteiger partial charge is 0.391 e. The van der Waals surface area contributed by atoms with Crippen LogP contribution < -0.4 is 5.32 Å². The second kappa shape index (κ2) is 7.62. The van der Waals surface area contributed by atoms with E-state index in [4.69, 9.17) is 0 Å². The van der Waals surface area contributed by atoms with Gasteiger partial charge in [0, 0.05) is 12.5 Å². The van der Waals surface area contributed by atoms with Crippen LogP contribution in [0.4, 0.5) is 0 Å². The average Bonchev–Trinajstić information content (AvgIpc) is 3.06. The molecule has 0 saturated carbocycles. The summed E-state index contributed by atoms with van der Waals surface area (Å²) >= 11 is 0. The van der Waals surface area contributed by atoms with Crippen LogP contribution in [-0.2, 0) is 11.3 Å². The van der Waals surface area contributed by atoms with Crippen LogP contribution in [0.2, 0.25) is 0 Å². The molecule has 2 aromatic carbocycles. The Morgan fingerprint density at radius 3 is 2.93 bits per heavy atom. The van der Waals surface area contributed by atoms with Crippen molar-refractivity contribution in [3.8, 4) is 11.1 Å². The first-order valence-corrected chi connectivity index (χ1v) is 9.55. The molecule has 1 aliphatic rings. The number of carbonyl (C=O) groups is 1. The number of ketones is 1. The van der Waals surface area contributed by atoms with E-state index in [9.17, 15) is 9.90 Å². The summed E-state index contributed by atoms with van der Waals surface area (Å²) in [7, 11) is 0. The zero-order valence-corrected chi connectivity index (χ0v) is 15.6. The monoisotopic (exact) mass is 363 g/mol. The number of hydrogen-bond acceptors (Lipinski definition) is 4. The van der Waals surface area contributed by atoms with E-state index >= 15 is 0 Å². The summed E-state index contributed by atoms with van der Waals surface area (Å²) in [6.45, 7) is 3.22. The molecule has 1 aromatic heterocycles. The summed E-state index contributed by atoms with van der Waals surface area (Å²) in [5.41, 5.74) is 5.33. The number of aryl methyl sites for hydroxylation is 1. The standard InChI is InChI=1S/C22H25N3O2/c1-15-4-2-5-16(10-15)17-7-8-19-21(11-17)25(14-24-19)13-18(26)12-20-22(27)6-3-9-23-20/h2,4-5,7-8,10-11,14,20,22-23,27H,3,6,9,12-13H2,1H3/t20-,22+/m1/s1. The van der Waals surface area contributed by atoms with Crippen LogP contribution in [0, 0.1) is 6.92 Å². The van der Waals surface area contributed by atoms with E-state index in [0.29, 0.717) is 6.42 Å². The van der Waals surface area contributed by atoms with Gasteiger partial charge in [-0.15, -0.1) is 0 Å². The third-order valence-corrected chi connectivity index (χ3v) is 5.31. The molecule has 0 aliphatic carbocycles. The maximum absolute atomic E-state index is 12.6. The Morgan fingerprint density at radius 1 is 1.26 bits per heavy atom. The van der Waals surface area contributed by atoms with Crippen molar-refractivity contribution in [2.75, 3.05) is 6.54 Å². The molecule has 5 heteroatoms. The van der Waals surface area contributed by atoms with Gasteiger partial charge >= 0.3 is 0 Å². The summed E-state index contributed by atoms with van der Waals surface area (Å²) in [5.74, 6) is 0.105. The molecular weight excluding hydrogens is 338 g/mol. The molecule has 2 atom stereocenters. The molecule has 27 heavy (non-hydrogen) atoms. The molecular formula is C22H25N3O2. The fraction of sp³-hybridized carbons (Fsp3) is 0.364. The first kappa shape index (κ1) is 17.9. The highest BCUT2D eigenvalue weighted by Gasteiger charge is 2.25. The molecule has 140 valence electrons. The average molecular weight is 363 g/mol. The summed E-state index contributed by atoms with van der Waals surface area (Å²) in [6, 6.07) is 14.4. The van der Waals surface area contributed by atoms with Gasteiger partial charge in [-0.2, -0.15) is 0 Å². The van der Waals surface area contributed by atoms with E-state index in [2.05, 4.69) is 53.6 Å². The lowest BCUT2D eigenvalue weighted by Crippen LogP contribution is -2.46. The van der Waals surface area contributed by atoms with Crippen molar-refractivity contribution in [3.05, 3.63) is 54.4 Å². The normalized spacial score (nSPS) is 20.1. The zero-order valence-electron chi connectivity index (χ0n) is 15.6. The highest BCUT2D eigenvalue weighted by Crippen LogP contribution is 2.25. The van der Waals surface area contributed by atoms with Crippen LogP contribution in [0.1, 0.15) is 24.8 Å². The maximum Gasteiger partial charge on any atom is 0.154 e. The summed E-state index contributed by atoms with van der Waals surface area (Å²) in [4.78, 5) is 17.0. The number of aliphatic hydroxyl groups excluding tert-OH is 1. The van der Waals surface area contributed by atoms with Crippen LogP contribution in [-0.4, -0.2) is 39.1 Å². The molecule has 0 unspecified atom stereocenters. The van der Waals surface area contributed by atoms with Crippen LogP contribution in [0.3, 0.4) is 0 Å². The van der Waals surface area contributed by atoms with Crippen molar-refractivity contribution in [1.29, 1.82) is 0 Å². The van der Waals surface area contributed by atoms with Gasteiger partial charge in [-0.05, 0) is 49.6 Å². The molecule has 0 amide bonds. The number of imidazole rings is 1. The van der Waals surface area contributed by atoms with Gasteiger partial charge in [0.15, 0.2) is 5.78 Å². The molecule has 1 aliphatic heterocycles. The second-order valence-corrected chi connectivity index (χ2v) is 7.46. The summed E-state index contributed by atoms with van der Waals surface area (Å²) in [6.07, 6.45) is 3.36. The van der Waals surface area contributed by atoms with E-state index in [1.165, 1.54) is 5.56 Å². The van der Waals surface area contributed by atoms with Crippen LogP contribution >= 0.6 is 0 Å². The second-order valence-electron chi connectivity index (χ2n) is 7.46. The number of rotatable bonds is 5. The van der Waals surface area contributed by atoms with Gasteiger partial charge in [0.25, 0.3) is 0 Å². The minimum Gasteiger partial charge on any atom is -0.391 e. The minimum absolute atomic E-state index is 0.105. The number of nitrogens with zero attached hydrogens (tertiary/aromatic N) is 2. The SMILES string of the molecule is Cc1cccc(-c2ccc3ncn(CC(=O)C[C@H]4NCCC[C@@H]4O)c3c2)c1. The number of carbonyl (C=O) groups excluding carboxylic acids is 1. The topological polar surface area (TPSA) is 67.2 Å². The third kappa shape index (κ3) is 3.94. The van der Waals surface area contributed by atoms with Crippen molar-refractivity contribution in [3.63, 3.8) is 0 Å². The fourth-order valence-corrected chi connectivity index (χ4v) is 3.83. The Morgan fingerprint density at radius 2 is 2.11 bits per heavy atom. The Kier molecular flexibility index (Phi) is 5.05. The van der Waals surface area contributed by atoms with Gasteiger partial charge in [0.2, 0.25) is 0 Å². The van der Waals surface area contributed by atoms with Crippen molar-refractivity contribution in [2.24, 2.45) is 0 Å². The molecule has 1 saturated heterocycles. The molecule has 2 N–H and O–H groups in total. The Labute approximate surface area is 159 Å². The molecule has 5 nitrogen and oxygen atoms in total. The number of Topliss-reactive ketones (excluding diaryl/α,β-unsaturated/α-hetero) is 1. The minimum atomic E-state index is -0.435. The molecule has 0 radical (unpaired) electrons. The quantitative estimate of drug-likeness (QED) is 0.731. The molecule has 2 heterocycles. The van der Waals surface area contributed by atoms with Gasteiger partial charge < -0.3 is 15.0 Å². The number of piperidine rings is 1. The lowest BCUT2D eigenvalue weighted by molar-refractivity contribution is -0.121. The van der Waals surface area contributed by atoms with E-state index in [1.807, 2.05) is 10.6 Å². The molecule has 0 spiro atoms. The number of hydrogen-bond donors (Lipinski definition) is 2. The Hall–Kier alpha value is -2.50. The zero-order chi connectivity index (χ0) is 18.8. The highest BCUT2D eigenvalue weighted by atomic mass is 16.3. The lowest BCUT2D eigenvalue weighted by atomic mass is 9.97. The van der Waals surface area contributed by atoms with Gasteiger partial charge in [0.1, 0.15) is 0 Å². The van der Waals surface area contributed by atoms with Crippen molar-refractivity contribution in [2.45, 2.75) is 44.9 Å². The van der Waals surface area contributed by atoms with Crippen LogP contribution in [0.25, 0.3) is 22.2 Å². The van der Waals surface area contributed by atoms with Crippen molar-refractivity contribution >= 4 is 16.8 Å². The molecule has 1 fully saturated rings. The Bertz CT molecular complexity index is 963. The highest BCUT2D eigenvalue weighted by molar-refractivity contribution is 5.85. The molecule has 3 aromatic rings. The molecule has 4 rings (SSSR count). The van der Waals surface area contributed by atoms with Gasteiger partial charge in [-0.3, -0.25) is 4.79 Å². The predicted octanol–water partition coefficient (Wildman–Crippen LogP) is 3.08. The number of fused-ring (bicyclic) bond motifs is 1. The number of aliphatic hydroxyl groups is 1. The third-order valence-electron chi connectivity index (χ3n) is 5.31. The predicted molar refractivity (Wildman–Crippen MR) is 107 cm³/mol. The van der Waals surface area contributed by atoms with Crippen LogP contribution in [0.5, 0.6) is 0 Å². The van der Waals surface area contributed by atoms with E-state index in [-0.39, 0.29) is 18.4 Å². The maximum atomic E-state index is 12.6. The van der Waals surface area contributed by atoms with Crippen molar-refractivity contribution < 1.29 is 9.90 Å². The van der Waals surface area contributed by atoms with Gasteiger partial charge in [0.05, 0.1) is 30.0 Å². The van der Waals surface area contributed by atoms with Crippen LogP contribution in [0.15, 0.2) is 48.8 Å². The molecule has 0 bridgehead atoms. The smallest absolute Gasteiger partial charge is 0.154 e. The van der Waals surface area contributed by atoms with Crippen molar-refractivity contribution in [1.82, 2.24) is 14.9 Å². The number of aromatic nitrogens is 2. The first-order valence-electron chi connectivity index (χ1n) is 9.55. The fourth-order valence-electron chi connectivity index (χ4n) is 3.83. The Balaban J connectivity index is 1.55.